The SMILES string of the molecule is COc1ccc(NC(=O)[C@@H](C)OC(=O)[C@H](C)Oc2ccc(C#N)cc2)cc1OC. The molecule has 0 fully saturated rings. The first kappa shape index (κ1) is 21.6. The van der Waals surface area contributed by atoms with Gasteiger partial charge in [-0.05, 0) is 50.2 Å². The Kier molecular flexibility index (Phi) is 7.43. The van der Waals surface area contributed by atoms with Crippen molar-refractivity contribution in [2.45, 2.75) is 26.1 Å². The van der Waals surface area contributed by atoms with Gasteiger partial charge in [0.15, 0.2) is 23.7 Å². The Bertz CT molecular complexity index is 904. The van der Waals surface area contributed by atoms with Gasteiger partial charge in [0.25, 0.3) is 5.91 Å². The predicted octanol–water partition coefficient (Wildman–Crippen LogP) is 2.91. The molecular formula is C21H22N2O6. The lowest BCUT2D eigenvalue weighted by atomic mass is 10.2. The second kappa shape index (κ2) is 9.99. The van der Waals surface area contributed by atoms with Crippen LogP contribution in [0.5, 0.6) is 17.2 Å². The lowest BCUT2D eigenvalue weighted by molar-refractivity contribution is -0.159. The van der Waals surface area contributed by atoms with Gasteiger partial charge >= 0.3 is 5.97 Å². The summed E-state index contributed by atoms with van der Waals surface area (Å²) in [5, 5.41) is 11.4. The lowest BCUT2D eigenvalue weighted by Crippen LogP contribution is -2.35. The van der Waals surface area contributed by atoms with Gasteiger partial charge in [0.1, 0.15) is 5.75 Å². The summed E-state index contributed by atoms with van der Waals surface area (Å²) in [5.74, 6) is 0.203. The molecule has 0 aromatic heterocycles. The number of anilines is 1. The average molecular weight is 398 g/mol. The Labute approximate surface area is 168 Å². The third-order valence-corrected chi connectivity index (χ3v) is 3.94. The van der Waals surface area contributed by atoms with E-state index in [-0.39, 0.29) is 0 Å². The molecule has 1 N–H and O–H groups in total. The van der Waals surface area contributed by atoms with E-state index in [4.69, 9.17) is 24.2 Å². The first-order valence-corrected chi connectivity index (χ1v) is 8.78. The number of rotatable bonds is 8. The standard InChI is InChI=1S/C21H22N2O6/c1-13(20(24)23-16-7-10-18(26-3)19(11-16)27-4)29-21(25)14(2)28-17-8-5-15(12-22)6-9-17/h5-11,13-14H,1-4H3,(H,23,24)/t13-,14+/m1/s1. The van der Waals surface area contributed by atoms with Crippen LogP contribution in [0.3, 0.4) is 0 Å². The molecule has 152 valence electrons. The van der Waals surface area contributed by atoms with Gasteiger partial charge in [-0.15, -0.1) is 0 Å². The number of hydrogen-bond acceptors (Lipinski definition) is 7. The summed E-state index contributed by atoms with van der Waals surface area (Å²) < 4.78 is 21.0. The zero-order chi connectivity index (χ0) is 21.4. The summed E-state index contributed by atoms with van der Waals surface area (Å²) in [6.45, 7) is 2.97. The molecule has 0 aliphatic rings. The monoisotopic (exact) mass is 398 g/mol. The molecule has 0 aliphatic carbocycles. The molecule has 2 atom stereocenters. The molecule has 8 nitrogen and oxygen atoms in total. The molecule has 0 aliphatic heterocycles. The zero-order valence-corrected chi connectivity index (χ0v) is 16.6. The maximum Gasteiger partial charge on any atom is 0.347 e. The first-order valence-electron chi connectivity index (χ1n) is 8.78. The number of amides is 1. The second-order valence-electron chi connectivity index (χ2n) is 6.03. The number of benzene rings is 2. The molecule has 1 amide bonds. The molecule has 0 radical (unpaired) electrons. The minimum Gasteiger partial charge on any atom is -0.493 e. The van der Waals surface area contributed by atoms with E-state index < -0.39 is 24.1 Å². The summed E-state index contributed by atoms with van der Waals surface area (Å²) in [4.78, 5) is 24.5. The van der Waals surface area contributed by atoms with Crippen LogP contribution in [-0.2, 0) is 14.3 Å². The van der Waals surface area contributed by atoms with Crippen LogP contribution in [0.1, 0.15) is 19.4 Å². The van der Waals surface area contributed by atoms with E-state index in [1.54, 1.807) is 42.5 Å². The highest BCUT2D eigenvalue weighted by Crippen LogP contribution is 2.29. The number of carbonyl (C=O) groups excluding carboxylic acids is 2. The van der Waals surface area contributed by atoms with Crippen LogP contribution in [0, 0.1) is 11.3 Å². The van der Waals surface area contributed by atoms with Crippen LogP contribution in [0.15, 0.2) is 42.5 Å². The zero-order valence-electron chi connectivity index (χ0n) is 16.6. The van der Waals surface area contributed by atoms with E-state index in [2.05, 4.69) is 5.32 Å². The van der Waals surface area contributed by atoms with Crippen LogP contribution in [0.4, 0.5) is 5.69 Å². The van der Waals surface area contributed by atoms with Crippen molar-refractivity contribution in [1.29, 1.82) is 5.26 Å². The largest absolute Gasteiger partial charge is 0.493 e. The number of ether oxygens (including phenoxy) is 4. The van der Waals surface area contributed by atoms with Gasteiger partial charge in [-0.1, -0.05) is 0 Å². The molecule has 0 spiro atoms. The van der Waals surface area contributed by atoms with Crippen molar-refractivity contribution in [3.63, 3.8) is 0 Å². The van der Waals surface area contributed by atoms with Gasteiger partial charge in [0, 0.05) is 11.8 Å². The van der Waals surface area contributed by atoms with Gasteiger partial charge in [0.2, 0.25) is 0 Å². The number of nitrogens with one attached hydrogen (secondary N) is 1. The van der Waals surface area contributed by atoms with Gasteiger partial charge in [0.05, 0.1) is 25.9 Å². The van der Waals surface area contributed by atoms with Gasteiger partial charge in [-0.2, -0.15) is 5.26 Å². The Balaban J connectivity index is 1.92. The smallest absolute Gasteiger partial charge is 0.347 e. The number of carbonyl (C=O) groups is 2. The molecule has 8 heteroatoms. The quantitative estimate of drug-likeness (QED) is 0.681. The maximum absolute atomic E-state index is 12.3. The van der Waals surface area contributed by atoms with Crippen molar-refractivity contribution in [1.82, 2.24) is 0 Å². The minimum absolute atomic E-state index is 0.413. The molecule has 29 heavy (non-hydrogen) atoms. The van der Waals surface area contributed by atoms with Crippen molar-refractivity contribution in [2.75, 3.05) is 19.5 Å². The number of hydrogen-bond donors (Lipinski definition) is 1. The molecular weight excluding hydrogens is 376 g/mol. The van der Waals surface area contributed by atoms with E-state index >= 15 is 0 Å². The van der Waals surface area contributed by atoms with Crippen molar-refractivity contribution in [3.8, 4) is 23.3 Å². The molecule has 0 bridgehead atoms. The number of esters is 1. The van der Waals surface area contributed by atoms with Crippen LogP contribution in [-0.4, -0.2) is 38.3 Å². The molecule has 2 aromatic carbocycles. The molecule has 2 rings (SSSR count). The molecule has 0 saturated carbocycles. The summed E-state index contributed by atoms with van der Waals surface area (Å²) in [7, 11) is 3.00. The molecule has 2 aromatic rings. The van der Waals surface area contributed by atoms with Gasteiger partial charge < -0.3 is 24.3 Å². The van der Waals surface area contributed by atoms with Crippen molar-refractivity contribution < 1.29 is 28.5 Å². The fraction of sp³-hybridized carbons (Fsp3) is 0.286. The maximum atomic E-state index is 12.3. The number of nitrogens with zero attached hydrogens (tertiary/aromatic N) is 1. The highest BCUT2D eigenvalue weighted by Gasteiger charge is 2.23. The normalized spacial score (nSPS) is 12.1. The van der Waals surface area contributed by atoms with Gasteiger partial charge in [-0.3, -0.25) is 4.79 Å². The minimum atomic E-state index is -1.04. The van der Waals surface area contributed by atoms with Crippen molar-refractivity contribution in [2.24, 2.45) is 0 Å². The highest BCUT2D eigenvalue weighted by molar-refractivity contribution is 5.95. The van der Waals surface area contributed by atoms with Crippen molar-refractivity contribution >= 4 is 17.6 Å². The third-order valence-electron chi connectivity index (χ3n) is 3.94. The van der Waals surface area contributed by atoms with Gasteiger partial charge in [-0.25, -0.2) is 4.79 Å². The molecule has 0 heterocycles. The molecule has 0 saturated heterocycles. The van der Waals surface area contributed by atoms with E-state index in [9.17, 15) is 9.59 Å². The summed E-state index contributed by atoms with van der Waals surface area (Å²) in [5.41, 5.74) is 0.950. The van der Waals surface area contributed by atoms with E-state index in [0.717, 1.165) is 0 Å². The predicted molar refractivity (Wildman–Crippen MR) is 105 cm³/mol. The van der Waals surface area contributed by atoms with E-state index in [1.807, 2.05) is 6.07 Å². The van der Waals surface area contributed by atoms with Crippen LogP contribution < -0.4 is 19.5 Å². The summed E-state index contributed by atoms with van der Waals surface area (Å²) >= 11 is 0. The summed E-state index contributed by atoms with van der Waals surface area (Å²) in [6.07, 6.45) is -1.97. The first-order chi connectivity index (χ1) is 13.9. The van der Waals surface area contributed by atoms with Crippen LogP contribution in [0.25, 0.3) is 0 Å². The second-order valence-corrected chi connectivity index (χ2v) is 6.03. The topological polar surface area (TPSA) is 107 Å². The third kappa shape index (κ3) is 5.87. The number of methoxy groups -OCH3 is 2. The highest BCUT2D eigenvalue weighted by atomic mass is 16.6. The fourth-order valence-electron chi connectivity index (χ4n) is 2.34. The van der Waals surface area contributed by atoms with E-state index in [1.165, 1.54) is 28.1 Å². The van der Waals surface area contributed by atoms with Crippen LogP contribution in [0.2, 0.25) is 0 Å². The number of nitriles is 1. The molecule has 0 unspecified atom stereocenters. The Morgan fingerprint density at radius 2 is 1.62 bits per heavy atom. The van der Waals surface area contributed by atoms with E-state index in [0.29, 0.717) is 28.5 Å². The van der Waals surface area contributed by atoms with Crippen LogP contribution >= 0.6 is 0 Å². The van der Waals surface area contributed by atoms with Crippen molar-refractivity contribution in [3.05, 3.63) is 48.0 Å². The average Bonchev–Trinajstić information content (AvgIpc) is 2.73. The Morgan fingerprint density at radius 1 is 0.966 bits per heavy atom. The fourth-order valence-corrected chi connectivity index (χ4v) is 2.34. The Morgan fingerprint density at radius 3 is 2.21 bits per heavy atom. The Hall–Kier alpha value is -3.73. The summed E-state index contributed by atoms with van der Waals surface area (Å²) in [6, 6.07) is 13.2. The lowest BCUT2D eigenvalue weighted by Gasteiger charge is -2.18.